The van der Waals surface area contributed by atoms with Crippen molar-refractivity contribution in [3.8, 4) is 0 Å². The molecular formula is C16H12BrF2NO2. The Labute approximate surface area is 134 Å². The summed E-state index contributed by atoms with van der Waals surface area (Å²) in [5.74, 6) is -2.61. The molecule has 0 aliphatic rings. The highest BCUT2D eigenvalue weighted by molar-refractivity contribution is 9.10. The van der Waals surface area contributed by atoms with Crippen LogP contribution in [0.25, 0.3) is 0 Å². The smallest absolute Gasteiger partial charge is 0.224 e. The highest BCUT2D eigenvalue weighted by Crippen LogP contribution is 2.15. The fourth-order valence-electron chi connectivity index (χ4n) is 1.80. The van der Waals surface area contributed by atoms with E-state index in [0.717, 1.165) is 16.6 Å². The van der Waals surface area contributed by atoms with Crippen molar-refractivity contribution >= 4 is 33.3 Å². The lowest BCUT2D eigenvalue weighted by atomic mass is 10.1. The van der Waals surface area contributed by atoms with Crippen molar-refractivity contribution in [3.63, 3.8) is 0 Å². The molecule has 0 atom stereocenters. The minimum atomic E-state index is -1.04. The summed E-state index contributed by atoms with van der Waals surface area (Å²) in [6, 6.07) is 9.90. The number of carbonyl (C=O) groups excluding carboxylic acids is 2. The molecule has 2 aromatic rings. The van der Waals surface area contributed by atoms with Crippen molar-refractivity contribution in [2.24, 2.45) is 0 Å². The van der Waals surface area contributed by atoms with E-state index in [1.165, 1.54) is 6.07 Å². The highest BCUT2D eigenvalue weighted by Gasteiger charge is 2.10. The van der Waals surface area contributed by atoms with Crippen LogP contribution in [-0.4, -0.2) is 11.7 Å². The van der Waals surface area contributed by atoms with Gasteiger partial charge in [-0.25, -0.2) is 8.78 Å². The molecule has 2 aromatic carbocycles. The van der Waals surface area contributed by atoms with Gasteiger partial charge >= 0.3 is 0 Å². The molecule has 2 rings (SSSR count). The summed E-state index contributed by atoms with van der Waals surface area (Å²) < 4.78 is 26.6. The first-order valence-corrected chi connectivity index (χ1v) is 7.28. The van der Waals surface area contributed by atoms with Crippen molar-refractivity contribution in [3.05, 3.63) is 64.1 Å². The molecule has 22 heavy (non-hydrogen) atoms. The molecule has 0 bridgehead atoms. The minimum Gasteiger partial charge on any atom is -0.326 e. The van der Waals surface area contributed by atoms with Gasteiger partial charge in [-0.05, 0) is 24.3 Å². The molecule has 0 fully saturated rings. The van der Waals surface area contributed by atoms with Gasteiger partial charge in [-0.2, -0.15) is 0 Å². The summed E-state index contributed by atoms with van der Waals surface area (Å²) in [7, 11) is 0. The average Bonchev–Trinajstić information content (AvgIpc) is 2.49. The Balaban J connectivity index is 1.88. The van der Waals surface area contributed by atoms with Crippen molar-refractivity contribution in [2.75, 3.05) is 5.32 Å². The van der Waals surface area contributed by atoms with Crippen molar-refractivity contribution in [1.29, 1.82) is 0 Å². The Kier molecular flexibility index (Phi) is 5.38. The predicted molar refractivity (Wildman–Crippen MR) is 82.7 cm³/mol. The zero-order valence-electron chi connectivity index (χ0n) is 11.4. The van der Waals surface area contributed by atoms with Gasteiger partial charge in [0.1, 0.15) is 0 Å². The number of rotatable bonds is 5. The zero-order valence-corrected chi connectivity index (χ0v) is 13.0. The topological polar surface area (TPSA) is 46.2 Å². The molecule has 1 N–H and O–H groups in total. The number of nitrogens with one attached hydrogen (secondary N) is 1. The Hall–Kier alpha value is -2.08. The van der Waals surface area contributed by atoms with Crippen molar-refractivity contribution < 1.29 is 18.4 Å². The van der Waals surface area contributed by atoms with Gasteiger partial charge in [0.15, 0.2) is 17.4 Å². The highest BCUT2D eigenvalue weighted by atomic mass is 79.9. The first kappa shape index (κ1) is 16.3. The number of halogens is 3. The molecule has 0 unspecified atom stereocenters. The van der Waals surface area contributed by atoms with Gasteiger partial charge in [0, 0.05) is 34.6 Å². The summed E-state index contributed by atoms with van der Waals surface area (Å²) in [5, 5.41) is 2.42. The van der Waals surface area contributed by atoms with Crippen molar-refractivity contribution in [1.82, 2.24) is 0 Å². The summed E-state index contributed by atoms with van der Waals surface area (Å²) >= 11 is 3.27. The van der Waals surface area contributed by atoms with Crippen LogP contribution in [0.4, 0.5) is 14.5 Å². The van der Waals surface area contributed by atoms with Gasteiger partial charge in [0.2, 0.25) is 5.91 Å². The number of amides is 1. The quantitative estimate of drug-likeness (QED) is 0.799. The second-order valence-corrected chi connectivity index (χ2v) is 5.52. The maximum absolute atomic E-state index is 13.0. The standard InChI is InChI=1S/C16H12BrF2NO2/c17-11-3-1-10(2-4-11)15(21)7-8-16(22)20-12-5-6-13(18)14(19)9-12/h1-6,9H,7-8H2,(H,20,22). The third kappa shape index (κ3) is 4.46. The van der Waals surface area contributed by atoms with Gasteiger partial charge in [-0.1, -0.05) is 28.1 Å². The maximum atomic E-state index is 13.0. The van der Waals surface area contributed by atoms with E-state index in [-0.39, 0.29) is 24.3 Å². The molecule has 0 heterocycles. The monoisotopic (exact) mass is 367 g/mol. The third-order valence-electron chi connectivity index (χ3n) is 2.95. The molecule has 0 radical (unpaired) electrons. The van der Waals surface area contributed by atoms with Gasteiger partial charge in [0.05, 0.1) is 0 Å². The molecule has 0 saturated heterocycles. The van der Waals surface area contributed by atoms with Crippen LogP contribution in [-0.2, 0) is 4.79 Å². The Morgan fingerprint density at radius 1 is 0.955 bits per heavy atom. The number of ketones is 1. The molecule has 0 aliphatic heterocycles. The lowest BCUT2D eigenvalue weighted by Crippen LogP contribution is -2.13. The largest absolute Gasteiger partial charge is 0.326 e. The van der Waals surface area contributed by atoms with Gasteiger partial charge in [-0.15, -0.1) is 0 Å². The van der Waals surface area contributed by atoms with E-state index in [2.05, 4.69) is 21.2 Å². The van der Waals surface area contributed by atoms with E-state index in [0.29, 0.717) is 5.56 Å². The van der Waals surface area contributed by atoms with E-state index in [9.17, 15) is 18.4 Å². The summed E-state index contributed by atoms with van der Waals surface area (Å²) in [6.07, 6.45) is 0.00500. The molecule has 3 nitrogen and oxygen atoms in total. The van der Waals surface area contributed by atoms with Crippen LogP contribution < -0.4 is 5.32 Å². The van der Waals surface area contributed by atoms with Crippen molar-refractivity contribution in [2.45, 2.75) is 12.8 Å². The number of Topliss-reactive ketones (excluding diaryl/α,β-unsaturated/α-hetero) is 1. The van der Waals surface area contributed by atoms with E-state index in [1.54, 1.807) is 24.3 Å². The first-order valence-electron chi connectivity index (χ1n) is 6.49. The molecule has 0 aliphatic carbocycles. The second kappa shape index (κ2) is 7.26. The summed E-state index contributed by atoms with van der Waals surface area (Å²) in [6.45, 7) is 0. The predicted octanol–water partition coefficient (Wildman–Crippen LogP) is 4.33. The normalized spacial score (nSPS) is 10.3. The second-order valence-electron chi connectivity index (χ2n) is 4.61. The van der Waals surface area contributed by atoms with E-state index >= 15 is 0 Å². The lowest BCUT2D eigenvalue weighted by Gasteiger charge is -2.05. The number of carbonyl (C=O) groups is 2. The third-order valence-corrected chi connectivity index (χ3v) is 3.48. The van der Waals surface area contributed by atoms with Gasteiger partial charge in [-0.3, -0.25) is 9.59 Å². The Morgan fingerprint density at radius 3 is 2.27 bits per heavy atom. The Morgan fingerprint density at radius 2 is 1.64 bits per heavy atom. The average molecular weight is 368 g/mol. The zero-order chi connectivity index (χ0) is 16.1. The van der Waals surface area contributed by atoms with E-state index in [1.807, 2.05) is 0 Å². The van der Waals surface area contributed by atoms with E-state index < -0.39 is 17.5 Å². The molecule has 0 aromatic heterocycles. The number of anilines is 1. The molecule has 1 amide bonds. The van der Waals surface area contributed by atoms with Crippen LogP contribution in [0.3, 0.4) is 0 Å². The molecule has 0 saturated carbocycles. The molecule has 114 valence electrons. The molecule has 6 heteroatoms. The molecule has 0 spiro atoms. The van der Waals surface area contributed by atoms with Crippen LogP contribution in [0.2, 0.25) is 0 Å². The minimum absolute atomic E-state index is 0.0338. The SMILES string of the molecule is O=C(CCC(=O)c1ccc(Br)cc1)Nc1ccc(F)c(F)c1. The number of benzene rings is 2. The van der Waals surface area contributed by atoms with Crippen LogP contribution in [0, 0.1) is 11.6 Å². The summed E-state index contributed by atoms with van der Waals surface area (Å²) in [5.41, 5.74) is 0.670. The van der Waals surface area contributed by atoms with Crippen LogP contribution in [0.15, 0.2) is 46.9 Å². The van der Waals surface area contributed by atoms with E-state index in [4.69, 9.17) is 0 Å². The van der Waals surface area contributed by atoms with Gasteiger partial charge < -0.3 is 5.32 Å². The van der Waals surface area contributed by atoms with Crippen LogP contribution in [0.1, 0.15) is 23.2 Å². The fourth-order valence-corrected chi connectivity index (χ4v) is 2.07. The van der Waals surface area contributed by atoms with Gasteiger partial charge in [0.25, 0.3) is 0 Å². The van der Waals surface area contributed by atoms with Crippen LogP contribution >= 0.6 is 15.9 Å². The first-order chi connectivity index (χ1) is 10.5. The number of hydrogen-bond donors (Lipinski definition) is 1. The summed E-state index contributed by atoms with van der Waals surface area (Å²) in [4.78, 5) is 23.6. The lowest BCUT2D eigenvalue weighted by molar-refractivity contribution is -0.116. The fraction of sp³-hybridized carbons (Fsp3) is 0.125. The maximum Gasteiger partial charge on any atom is 0.224 e. The number of hydrogen-bond acceptors (Lipinski definition) is 2. The Bertz CT molecular complexity index is 702. The molecular weight excluding hydrogens is 356 g/mol. The van der Waals surface area contributed by atoms with Crippen LogP contribution in [0.5, 0.6) is 0 Å².